The highest BCUT2D eigenvalue weighted by Crippen LogP contribution is 2.38. The zero-order valence-electron chi connectivity index (χ0n) is 17.1. The smallest absolute Gasteiger partial charge is 0.336 e. The lowest BCUT2D eigenvalue weighted by atomic mass is 9.77. The van der Waals surface area contributed by atoms with Gasteiger partial charge >= 0.3 is 5.97 Å². The van der Waals surface area contributed by atoms with Crippen LogP contribution in [0.25, 0.3) is 5.57 Å². The van der Waals surface area contributed by atoms with Crippen molar-refractivity contribution in [2.24, 2.45) is 5.92 Å². The summed E-state index contributed by atoms with van der Waals surface area (Å²) in [4.78, 5) is 11.5. The van der Waals surface area contributed by atoms with Crippen molar-refractivity contribution < 1.29 is 9.90 Å². The number of benzene rings is 1. The SMILES string of the molecule is C/C=C/C=C(/C(=O)O)c1ccc(C2CCC(CCCCCCC)CC2)cc1. The monoisotopic (exact) mass is 368 g/mol. The average molecular weight is 369 g/mol. The van der Waals surface area contributed by atoms with E-state index in [9.17, 15) is 9.90 Å². The van der Waals surface area contributed by atoms with E-state index < -0.39 is 5.97 Å². The van der Waals surface area contributed by atoms with Crippen LogP contribution in [0.2, 0.25) is 0 Å². The van der Waals surface area contributed by atoms with E-state index in [0.29, 0.717) is 11.5 Å². The number of hydrogen-bond acceptors (Lipinski definition) is 1. The molecule has 2 nitrogen and oxygen atoms in total. The molecule has 0 aromatic heterocycles. The third-order valence-corrected chi connectivity index (χ3v) is 5.94. The molecule has 0 saturated heterocycles. The number of aliphatic carboxylic acids is 1. The van der Waals surface area contributed by atoms with Crippen molar-refractivity contribution in [1.29, 1.82) is 0 Å². The summed E-state index contributed by atoms with van der Waals surface area (Å²) in [6.07, 6.45) is 18.9. The van der Waals surface area contributed by atoms with Crippen LogP contribution < -0.4 is 0 Å². The standard InChI is InChI=1S/C25H36O2/c1-3-5-7-8-9-10-20-12-14-21(15-13-20)22-16-18-23(19-17-22)24(25(26)27)11-6-4-2/h4,6,11,16-21H,3,5,7-10,12-15H2,1-2H3,(H,26,27)/b6-4+,24-11+. The molecule has 1 aromatic carbocycles. The van der Waals surface area contributed by atoms with Crippen LogP contribution in [0.1, 0.15) is 95.1 Å². The summed E-state index contributed by atoms with van der Waals surface area (Å²) in [6.45, 7) is 4.16. The summed E-state index contributed by atoms with van der Waals surface area (Å²) in [6, 6.07) is 8.21. The van der Waals surface area contributed by atoms with E-state index in [4.69, 9.17) is 0 Å². The van der Waals surface area contributed by atoms with Gasteiger partial charge in [-0.05, 0) is 61.6 Å². The van der Waals surface area contributed by atoms with Crippen molar-refractivity contribution in [1.82, 2.24) is 0 Å². The molecule has 1 N–H and O–H groups in total. The van der Waals surface area contributed by atoms with E-state index in [1.807, 2.05) is 25.1 Å². The molecule has 1 fully saturated rings. The zero-order valence-corrected chi connectivity index (χ0v) is 17.1. The Bertz CT molecular complexity index is 616. The van der Waals surface area contributed by atoms with Gasteiger partial charge in [0.15, 0.2) is 0 Å². The van der Waals surface area contributed by atoms with Gasteiger partial charge in [0.1, 0.15) is 0 Å². The quantitative estimate of drug-likeness (QED) is 0.266. The number of allylic oxidation sites excluding steroid dienone is 3. The Kier molecular flexibility index (Phi) is 9.38. The molecule has 1 aromatic rings. The lowest BCUT2D eigenvalue weighted by molar-refractivity contribution is -0.130. The molecule has 0 radical (unpaired) electrons. The van der Waals surface area contributed by atoms with Gasteiger partial charge in [0, 0.05) is 0 Å². The van der Waals surface area contributed by atoms with Crippen molar-refractivity contribution in [2.45, 2.75) is 84.0 Å². The third-order valence-electron chi connectivity index (χ3n) is 5.94. The topological polar surface area (TPSA) is 37.3 Å². The fraction of sp³-hybridized carbons (Fsp3) is 0.560. The molecule has 1 aliphatic rings. The number of carboxylic acid groups (broad SMARTS) is 1. The van der Waals surface area contributed by atoms with E-state index in [-0.39, 0.29) is 0 Å². The first-order valence-electron chi connectivity index (χ1n) is 10.8. The molecular weight excluding hydrogens is 332 g/mol. The van der Waals surface area contributed by atoms with Gasteiger partial charge in [0.25, 0.3) is 0 Å². The summed E-state index contributed by atoms with van der Waals surface area (Å²) in [5, 5.41) is 9.42. The van der Waals surface area contributed by atoms with Crippen LogP contribution in [0.5, 0.6) is 0 Å². The van der Waals surface area contributed by atoms with Crippen LogP contribution in [0, 0.1) is 5.92 Å². The Morgan fingerprint density at radius 3 is 2.30 bits per heavy atom. The van der Waals surface area contributed by atoms with E-state index >= 15 is 0 Å². The highest BCUT2D eigenvalue weighted by atomic mass is 16.4. The lowest BCUT2D eigenvalue weighted by Gasteiger charge is -2.29. The Morgan fingerprint density at radius 1 is 1.04 bits per heavy atom. The summed E-state index contributed by atoms with van der Waals surface area (Å²) in [5.74, 6) is 0.688. The molecule has 148 valence electrons. The van der Waals surface area contributed by atoms with E-state index in [2.05, 4.69) is 19.1 Å². The normalized spacial score (nSPS) is 20.9. The van der Waals surface area contributed by atoms with Gasteiger partial charge < -0.3 is 5.11 Å². The fourth-order valence-electron chi connectivity index (χ4n) is 4.24. The minimum atomic E-state index is -0.875. The number of carboxylic acids is 1. The van der Waals surface area contributed by atoms with Gasteiger partial charge in [-0.1, -0.05) is 81.9 Å². The van der Waals surface area contributed by atoms with Crippen LogP contribution in [0.15, 0.2) is 42.5 Å². The van der Waals surface area contributed by atoms with Gasteiger partial charge in [-0.2, -0.15) is 0 Å². The number of hydrogen-bond donors (Lipinski definition) is 1. The first-order valence-corrected chi connectivity index (χ1v) is 10.8. The fourth-order valence-corrected chi connectivity index (χ4v) is 4.24. The van der Waals surface area contributed by atoms with Crippen molar-refractivity contribution in [3.05, 3.63) is 53.6 Å². The van der Waals surface area contributed by atoms with E-state index in [1.54, 1.807) is 12.2 Å². The average Bonchev–Trinajstić information content (AvgIpc) is 2.69. The molecule has 0 spiro atoms. The first-order chi connectivity index (χ1) is 13.2. The minimum Gasteiger partial charge on any atom is -0.478 e. The van der Waals surface area contributed by atoms with Crippen LogP contribution in [0.3, 0.4) is 0 Å². The van der Waals surface area contributed by atoms with Crippen LogP contribution in [0.4, 0.5) is 0 Å². The second-order valence-corrected chi connectivity index (χ2v) is 7.95. The van der Waals surface area contributed by atoms with E-state index in [1.165, 1.54) is 69.8 Å². The summed E-state index contributed by atoms with van der Waals surface area (Å²) >= 11 is 0. The maximum Gasteiger partial charge on any atom is 0.336 e. The predicted octanol–water partition coefficient (Wildman–Crippen LogP) is 7.37. The highest BCUT2D eigenvalue weighted by molar-refractivity contribution is 6.15. The molecule has 0 amide bonds. The predicted molar refractivity (Wildman–Crippen MR) is 115 cm³/mol. The van der Waals surface area contributed by atoms with E-state index in [0.717, 1.165) is 11.5 Å². The van der Waals surface area contributed by atoms with Crippen LogP contribution in [-0.2, 0) is 4.79 Å². The molecule has 2 rings (SSSR count). The molecule has 0 bridgehead atoms. The highest BCUT2D eigenvalue weighted by Gasteiger charge is 2.22. The number of unbranched alkanes of at least 4 members (excludes halogenated alkanes) is 4. The molecule has 0 aliphatic heterocycles. The first kappa shape index (κ1) is 21.5. The van der Waals surface area contributed by atoms with Gasteiger partial charge in [-0.25, -0.2) is 4.79 Å². The maximum absolute atomic E-state index is 11.5. The molecule has 0 heterocycles. The second kappa shape index (κ2) is 11.8. The summed E-state index contributed by atoms with van der Waals surface area (Å²) in [7, 11) is 0. The minimum absolute atomic E-state index is 0.353. The Labute approximate surface area is 165 Å². The van der Waals surface area contributed by atoms with Gasteiger partial charge in [-0.15, -0.1) is 0 Å². The van der Waals surface area contributed by atoms with Crippen molar-refractivity contribution in [3.63, 3.8) is 0 Å². The second-order valence-electron chi connectivity index (χ2n) is 7.95. The molecular formula is C25H36O2. The lowest BCUT2D eigenvalue weighted by Crippen LogP contribution is -2.13. The van der Waals surface area contributed by atoms with Crippen molar-refractivity contribution in [3.8, 4) is 0 Å². The van der Waals surface area contributed by atoms with Crippen molar-refractivity contribution >= 4 is 11.5 Å². The Balaban J connectivity index is 1.85. The molecule has 2 heteroatoms. The zero-order chi connectivity index (χ0) is 19.5. The Hall–Kier alpha value is -1.83. The number of rotatable bonds is 10. The van der Waals surface area contributed by atoms with Gasteiger partial charge in [0.2, 0.25) is 0 Å². The van der Waals surface area contributed by atoms with Crippen LogP contribution >= 0.6 is 0 Å². The van der Waals surface area contributed by atoms with Crippen molar-refractivity contribution in [2.75, 3.05) is 0 Å². The summed E-state index contributed by atoms with van der Waals surface area (Å²) < 4.78 is 0. The molecule has 1 saturated carbocycles. The molecule has 0 unspecified atom stereocenters. The summed E-state index contributed by atoms with van der Waals surface area (Å²) in [5.41, 5.74) is 2.51. The largest absolute Gasteiger partial charge is 0.478 e. The molecule has 0 atom stereocenters. The van der Waals surface area contributed by atoms with Crippen LogP contribution in [-0.4, -0.2) is 11.1 Å². The Morgan fingerprint density at radius 2 is 1.70 bits per heavy atom. The van der Waals surface area contributed by atoms with Gasteiger partial charge in [0.05, 0.1) is 5.57 Å². The maximum atomic E-state index is 11.5. The van der Waals surface area contributed by atoms with Gasteiger partial charge in [-0.3, -0.25) is 0 Å². The molecule has 1 aliphatic carbocycles. The molecule has 27 heavy (non-hydrogen) atoms. The number of carbonyl (C=O) groups is 1. The third kappa shape index (κ3) is 7.01.